The van der Waals surface area contributed by atoms with Gasteiger partial charge in [-0.1, -0.05) is 66.4 Å². The van der Waals surface area contributed by atoms with Gasteiger partial charge in [0.25, 0.3) is 0 Å². The number of fused-ring (bicyclic) bond motifs is 3. The van der Waals surface area contributed by atoms with E-state index >= 15 is 0 Å². The maximum absolute atomic E-state index is 13.9. The van der Waals surface area contributed by atoms with Crippen LogP contribution in [0.2, 0.25) is 0 Å². The maximum atomic E-state index is 13.9. The molecule has 1 atom stereocenters. The second kappa shape index (κ2) is 9.03. The van der Waals surface area contributed by atoms with Gasteiger partial charge in [0.2, 0.25) is 11.8 Å². The van der Waals surface area contributed by atoms with Crippen molar-refractivity contribution >= 4 is 40.2 Å². The Hall–Kier alpha value is -3.51. The number of benzene rings is 3. The van der Waals surface area contributed by atoms with Crippen molar-refractivity contribution in [1.82, 2.24) is 9.88 Å². The fourth-order valence-corrected chi connectivity index (χ4v) is 5.68. The van der Waals surface area contributed by atoms with Crippen molar-refractivity contribution in [2.75, 3.05) is 10.7 Å². The normalized spacial score (nSPS) is 15.8. The summed E-state index contributed by atoms with van der Waals surface area (Å²) in [6.07, 6.45) is 0. The molecule has 2 heterocycles. The first-order valence-corrected chi connectivity index (χ1v) is 12.4. The molecule has 4 aromatic rings. The highest BCUT2D eigenvalue weighted by Gasteiger charge is 2.39. The molecule has 5 rings (SSSR count). The SMILES string of the molecule is Cc1ccc(N2C(=O)CSc3c(c4ccccc4n3C)[C@@H]2C(=O)NCc2ccccc2)cc1C. The summed E-state index contributed by atoms with van der Waals surface area (Å²) in [5.41, 5.74) is 5.93. The van der Waals surface area contributed by atoms with E-state index in [-0.39, 0.29) is 17.6 Å². The topological polar surface area (TPSA) is 54.3 Å². The van der Waals surface area contributed by atoms with Gasteiger partial charge in [-0.15, -0.1) is 0 Å². The average molecular weight is 470 g/mol. The molecule has 34 heavy (non-hydrogen) atoms. The molecule has 3 aromatic carbocycles. The lowest BCUT2D eigenvalue weighted by Gasteiger charge is -2.30. The predicted octanol–water partition coefficient (Wildman–Crippen LogP) is 5.29. The second-order valence-electron chi connectivity index (χ2n) is 8.72. The van der Waals surface area contributed by atoms with Gasteiger partial charge in [-0.3, -0.25) is 14.5 Å². The number of hydrogen-bond acceptors (Lipinski definition) is 3. The minimum atomic E-state index is -0.769. The molecule has 1 aliphatic rings. The number of amides is 2. The number of para-hydroxylation sites is 1. The third kappa shape index (κ3) is 3.88. The van der Waals surface area contributed by atoms with Gasteiger partial charge < -0.3 is 9.88 Å². The molecule has 0 bridgehead atoms. The monoisotopic (exact) mass is 469 g/mol. The van der Waals surface area contributed by atoms with Crippen LogP contribution in [0, 0.1) is 13.8 Å². The van der Waals surface area contributed by atoms with Gasteiger partial charge in [0.15, 0.2) is 0 Å². The summed E-state index contributed by atoms with van der Waals surface area (Å²) in [4.78, 5) is 29.1. The van der Waals surface area contributed by atoms with Crippen LogP contribution in [0.1, 0.15) is 28.3 Å². The van der Waals surface area contributed by atoms with Gasteiger partial charge in [0.1, 0.15) is 6.04 Å². The molecule has 0 saturated heterocycles. The third-order valence-corrected chi connectivity index (χ3v) is 7.71. The molecule has 0 radical (unpaired) electrons. The van der Waals surface area contributed by atoms with Crippen LogP contribution in [-0.4, -0.2) is 22.1 Å². The van der Waals surface area contributed by atoms with E-state index in [2.05, 4.69) is 16.0 Å². The summed E-state index contributed by atoms with van der Waals surface area (Å²) in [5, 5.41) is 5.06. The van der Waals surface area contributed by atoms with Gasteiger partial charge in [-0.2, -0.15) is 0 Å². The number of carbonyl (C=O) groups is 2. The summed E-state index contributed by atoms with van der Waals surface area (Å²) in [6, 6.07) is 23.1. The zero-order valence-corrected chi connectivity index (χ0v) is 20.4. The number of carbonyl (C=O) groups excluding carboxylic acids is 2. The molecular weight excluding hydrogens is 442 g/mol. The number of hydrogen-bond donors (Lipinski definition) is 1. The summed E-state index contributed by atoms with van der Waals surface area (Å²) in [5.74, 6) is 0.0101. The van der Waals surface area contributed by atoms with E-state index in [0.717, 1.165) is 43.9 Å². The summed E-state index contributed by atoms with van der Waals surface area (Å²) in [6.45, 7) is 4.48. The van der Waals surface area contributed by atoms with E-state index in [9.17, 15) is 9.59 Å². The quantitative estimate of drug-likeness (QED) is 0.442. The van der Waals surface area contributed by atoms with E-state index in [1.54, 1.807) is 4.90 Å². The van der Waals surface area contributed by atoms with Gasteiger partial charge in [0, 0.05) is 35.7 Å². The number of rotatable bonds is 4. The van der Waals surface area contributed by atoms with Crippen molar-refractivity contribution in [3.8, 4) is 0 Å². The first kappa shape index (κ1) is 22.3. The number of nitrogens with one attached hydrogen (secondary N) is 1. The van der Waals surface area contributed by atoms with Crippen LogP contribution < -0.4 is 10.2 Å². The Morgan fingerprint density at radius 3 is 2.50 bits per heavy atom. The smallest absolute Gasteiger partial charge is 0.248 e. The van der Waals surface area contributed by atoms with Crippen molar-refractivity contribution in [3.63, 3.8) is 0 Å². The van der Waals surface area contributed by atoms with Crippen molar-refractivity contribution in [1.29, 1.82) is 0 Å². The minimum Gasteiger partial charge on any atom is -0.350 e. The van der Waals surface area contributed by atoms with Gasteiger partial charge in [0.05, 0.1) is 10.8 Å². The number of anilines is 1. The van der Waals surface area contributed by atoms with Crippen LogP contribution in [0.25, 0.3) is 10.9 Å². The Balaban J connectivity index is 1.66. The molecular formula is C28H27N3O2S. The van der Waals surface area contributed by atoms with Crippen LogP contribution >= 0.6 is 11.8 Å². The minimum absolute atomic E-state index is 0.0756. The van der Waals surface area contributed by atoms with Crippen LogP contribution in [0.5, 0.6) is 0 Å². The molecule has 5 nitrogen and oxygen atoms in total. The van der Waals surface area contributed by atoms with Crippen LogP contribution in [0.4, 0.5) is 5.69 Å². The molecule has 2 amide bonds. The molecule has 0 spiro atoms. The molecule has 0 fully saturated rings. The Morgan fingerprint density at radius 2 is 1.74 bits per heavy atom. The average Bonchev–Trinajstić information content (AvgIpc) is 3.02. The zero-order chi connectivity index (χ0) is 23.8. The van der Waals surface area contributed by atoms with Gasteiger partial charge in [-0.05, 0) is 48.7 Å². The van der Waals surface area contributed by atoms with Gasteiger partial charge >= 0.3 is 0 Å². The van der Waals surface area contributed by atoms with E-state index in [1.807, 2.05) is 87.6 Å². The standard InChI is InChI=1S/C28H27N3O2S/c1-18-13-14-21(15-19(18)2)31-24(32)17-34-28-25(22-11-7-8-12-23(22)30(28)3)26(31)27(33)29-16-20-9-5-4-6-10-20/h4-15,26H,16-17H2,1-3H3,(H,29,33)/t26-/m1/s1. The second-order valence-corrected chi connectivity index (χ2v) is 9.69. The number of aryl methyl sites for hydroxylation is 3. The third-order valence-electron chi connectivity index (χ3n) is 6.55. The van der Waals surface area contributed by atoms with Crippen molar-refractivity contribution in [3.05, 3.63) is 95.1 Å². The maximum Gasteiger partial charge on any atom is 0.248 e. The highest BCUT2D eigenvalue weighted by atomic mass is 32.2. The van der Waals surface area contributed by atoms with Crippen molar-refractivity contribution < 1.29 is 9.59 Å². The molecule has 0 aliphatic carbocycles. The molecule has 0 saturated carbocycles. The first-order valence-electron chi connectivity index (χ1n) is 11.4. The van der Waals surface area contributed by atoms with Crippen LogP contribution in [0.15, 0.2) is 77.8 Å². The zero-order valence-electron chi connectivity index (χ0n) is 19.5. The highest BCUT2D eigenvalue weighted by Crippen LogP contribution is 2.43. The molecule has 172 valence electrons. The van der Waals surface area contributed by atoms with E-state index in [1.165, 1.54) is 11.8 Å². The lowest BCUT2D eigenvalue weighted by molar-refractivity contribution is -0.125. The lowest BCUT2D eigenvalue weighted by Crippen LogP contribution is -2.43. The fraction of sp³-hybridized carbons (Fsp3) is 0.214. The fourth-order valence-electron chi connectivity index (χ4n) is 4.61. The van der Waals surface area contributed by atoms with E-state index in [0.29, 0.717) is 6.54 Å². The number of thioether (sulfide) groups is 1. The molecule has 1 N–H and O–H groups in total. The molecule has 1 aromatic heterocycles. The highest BCUT2D eigenvalue weighted by molar-refractivity contribution is 8.00. The Labute approximate surface area is 203 Å². The first-order chi connectivity index (χ1) is 16.5. The molecule has 1 aliphatic heterocycles. The van der Waals surface area contributed by atoms with E-state index < -0.39 is 6.04 Å². The van der Waals surface area contributed by atoms with E-state index in [4.69, 9.17) is 0 Å². The number of aromatic nitrogens is 1. The predicted molar refractivity (Wildman–Crippen MR) is 138 cm³/mol. The summed E-state index contributed by atoms with van der Waals surface area (Å²) >= 11 is 1.50. The molecule has 6 heteroatoms. The molecule has 0 unspecified atom stereocenters. The van der Waals surface area contributed by atoms with Crippen LogP contribution in [-0.2, 0) is 23.2 Å². The largest absolute Gasteiger partial charge is 0.350 e. The van der Waals surface area contributed by atoms with Crippen LogP contribution in [0.3, 0.4) is 0 Å². The summed E-state index contributed by atoms with van der Waals surface area (Å²) in [7, 11) is 2.00. The van der Waals surface area contributed by atoms with Crippen molar-refractivity contribution in [2.24, 2.45) is 7.05 Å². The Bertz CT molecular complexity index is 1390. The Morgan fingerprint density at radius 1 is 1.00 bits per heavy atom. The van der Waals surface area contributed by atoms with Gasteiger partial charge in [-0.25, -0.2) is 0 Å². The number of nitrogens with zero attached hydrogens (tertiary/aromatic N) is 2. The van der Waals surface area contributed by atoms with Crippen molar-refractivity contribution in [2.45, 2.75) is 31.5 Å². The lowest BCUT2D eigenvalue weighted by atomic mass is 10.0. The Kier molecular flexibility index (Phi) is 5.92. The summed E-state index contributed by atoms with van der Waals surface area (Å²) < 4.78 is 2.10.